The Bertz CT molecular complexity index is 318. The van der Waals surface area contributed by atoms with Crippen LogP contribution in [-0.2, 0) is 4.74 Å². The third kappa shape index (κ3) is 4.35. The zero-order chi connectivity index (χ0) is 14.4. The molecule has 2 rings (SSSR count). The molecule has 0 heterocycles. The van der Waals surface area contributed by atoms with E-state index in [4.69, 9.17) is 4.74 Å². The van der Waals surface area contributed by atoms with Crippen molar-refractivity contribution in [3.05, 3.63) is 0 Å². The number of hydrogen-bond donors (Lipinski definition) is 3. The van der Waals surface area contributed by atoms with Gasteiger partial charge in [0.25, 0.3) is 0 Å². The summed E-state index contributed by atoms with van der Waals surface area (Å²) in [6.07, 6.45) is 7.67. The van der Waals surface area contributed by atoms with E-state index in [1.54, 1.807) is 7.11 Å². The molecule has 2 aliphatic rings. The van der Waals surface area contributed by atoms with Gasteiger partial charge in [0.1, 0.15) is 0 Å². The first-order chi connectivity index (χ1) is 9.69. The molecule has 5 nitrogen and oxygen atoms in total. The fourth-order valence-electron chi connectivity index (χ4n) is 3.11. The molecule has 3 N–H and O–H groups in total. The Morgan fingerprint density at radius 1 is 1.35 bits per heavy atom. The molecule has 2 saturated carbocycles. The first-order valence-corrected chi connectivity index (χ1v) is 7.83. The Morgan fingerprint density at radius 2 is 2.10 bits per heavy atom. The van der Waals surface area contributed by atoms with E-state index in [9.17, 15) is 9.90 Å². The molecule has 0 radical (unpaired) electrons. The molecular weight excluding hydrogens is 256 g/mol. The number of urea groups is 1. The molecule has 2 unspecified atom stereocenters. The Labute approximate surface area is 121 Å². The van der Waals surface area contributed by atoms with Crippen molar-refractivity contribution < 1.29 is 14.6 Å². The van der Waals surface area contributed by atoms with Gasteiger partial charge in [0.05, 0.1) is 0 Å². The van der Waals surface area contributed by atoms with Crippen molar-refractivity contribution in [1.82, 2.24) is 10.6 Å². The van der Waals surface area contributed by atoms with E-state index < -0.39 is 0 Å². The van der Waals surface area contributed by atoms with Crippen LogP contribution in [0.5, 0.6) is 0 Å². The van der Waals surface area contributed by atoms with Crippen LogP contribution in [0.1, 0.15) is 44.9 Å². The lowest BCUT2D eigenvalue weighted by atomic mass is 9.85. The van der Waals surface area contributed by atoms with Crippen LogP contribution in [0.3, 0.4) is 0 Å². The smallest absolute Gasteiger partial charge is 0.315 e. The van der Waals surface area contributed by atoms with Gasteiger partial charge in [0.15, 0.2) is 0 Å². The van der Waals surface area contributed by atoms with Crippen molar-refractivity contribution in [3.63, 3.8) is 0 Å². The number of aliphatic hydroxyl groups excluding tert-OH is 1. The van der Waals surface area contributed by atoms with Gasteiger partial charge < -0.3 is 20.5 Å². The zero-order valence-corrected chi connectivity index (χ0v) is 12.5. The maximum absolute atomic E-state index is 12.0. The van der Waals surface area contributed by atoms with E-state index in [1.807, 2.05) is 0 Å². The van der Waals surface area contributed by atoms with Gasteiger partial charge in [-0.25, -0.2) is 4.79 Å². The molecule has 0 bridgehead atoms. The summed E-state index contributed by atoms with van der Waals surface area (Å²) in [4.78, 5) is 12.0. The summed E-state index contributed by atoms with van der Waals surface area (Å²) in [7, 11) is 1.72. The fourth-order valence-corrected chi connectivity index (χ4v) is 3.11. The van der Waals surface area contributed by atoms with E-state index in [0.717, 1.165) is 45.3 Å². The molecule has 0 spiro atoms. The van der Waals surface area contributed by atoms with Gasteiger partial charge >= 0.3 is 6.03 Å². The van der Waals surface area contributed by atoms with E-state index in [-0.39, 0.29) is 30.0 Å². The highest BCUT2D eigenvalue weighted by atomic mass is 16.5. The van der Waals surface area contributed by atoms with E-state index in [1.165, 1.54) is 12.8 Å². The SMILES string of the molecule is COCCC1(CNC(=O)NC2CCCCC2CO)CC1. The number of rotatable bonds is 7. The van der Waals surface area contributed by atoms with Crippen molar-refractivity contribution in [2.24, 2.45) is 11.3 Å². The molecule has 2 amide bonds. The normalized spacial score (nSPS) is 27.9. The number of aliphatic hydroxyl groups is 1. The van der Waals surface area contributed by atoms with Gasteiger partial charge in [-0.05, 0) is 37.5 Å². The minimum atomic E-state index is -0.0842. The Hall–Kier alpha value is -0.810. The van der Waals surface area contributed by atoms with Crippen LogP contribution in [0, 0.1) is 11.3 Å². The van der Waals surface area contributed by atoms with Gasteiger partial charge in [0, 0.05) is 38.8 Å². The summed E-state index contributed by atoms with van der Waals surface area (Å²) in [5.41, 5.74) is 0.274. The summed E-state index contributed by atoms with van der Waals surface area (Å²) in [5.74, 6) is 0.220. The summed E-state index contributed by atoms with van der Waals surface area (Å²) in [6, 6.07) is 0.0434. The second-order valence-corrected chi connectivity index (χ2v) is 6.40. The highest BCUT2D eigenvalue weighted by Crippen LogP contribution is 2.48. The van der Waals surface area contributed by atoms with Crippen LogP contribution < -0.4 is 10.6 Å². The van der Waals surface area contributed by atoms with E-state index >= 15 is 0 Å². The first-order valence-electron chi connectivity index (χ1n) is 7.83. The topological polar surface area (TPSA) is 70.6 Å². The Morgan fingerprint density at radius 3 is 2.75 bits per heavy atom. The van der Waals surface area contributed by atoms with Crippen LogP contribution in [0.15, 0.2) is 0 Å². The lowest BCUT2D eigenvalue weighted by molar-refractivity contribution is 0.152. The quantitative estimate of drug-likeness (QED) is 0.666. The van der Waals surface area contributed by atoms with Crippen LogP contribution in [-0.4, -0.2) is 44.0 Å². The molecule has 0 aliphatic heterocycles. The van der Waals surface area contributed by atoms with Crippen molar-refractivity contribution >= 4 is 6.03 Å². The Balaban J connectivity index is 1.69. The van der Waals surface area contributed by atoms with Gasteiger partial charge in [-0.2, -0.15) is 0 Å². The third-order valence-electron chi connectivity index (χ3n) is 4.88. The molecule has 0 aromatic rings. The average molecular weight is 284 g/mol. The summed E-state index contributed by atoms with van der Waals surface area (Å²) >= 11 is 0. The van der Waals surface area contributed by atoms with Gasteiger partial charge in [-0.3, -0.25) is 0 Å². The van der Waals surface area contributed by atoms with E-state index in [0.29, 0.717) is 0 Å². The molecular formula is C15H28N2O3. The van der Waals surface area contributed by atoms with Crippen LogP contribution in [0.25, 0.3) is 0 Å². The molecule has 0 aromatic heterocycles. The first kappa shape index (κ1) is 15.6. The van der Waals surface area contributed by atoms with Gasteiger partial charge in [-0.15, -0.1) is 0 Å². The maximum atomic E-state index is 12.0. The number of ether oxygens (including phenoxy) is 1. The monoisotopic (exact) mass is 284 g/mol. The largest absolute Gasteiger partial charge is 0.396 e. The van der Waals surface area contributed by atoms with Crippen molar-refractivity contribution in [2.45, 2.75) is 51.0 Å². The van der Waals surface area contributed by atoms with Crippen LogP contribution in [0.4, 0.5) is 4.79 Å². The van der Waals surface area contributed by atoms with Crippen LogP contribution >= 0.6 is 0 Å². The summed E-state index contributed by atoms with van der Waals surface area (Å²) < 4.78 is 5.12. The van der Waals surface area contributed by atoms with Gasteiger partial charge in [0.2, 0.25) is 0 Å². The van der Waals surface area contributed by atoms with Crippen molar-refractivity contribution in [3.8, 4) is 0 Å². The second kappa shape index (κ2) is 7.27. The molecule has 2 fully saturated rings. The maximum Gasteiger partial charge on any atom is 0.315 e. The number of methoxy groups -OCH3 is 1. The van der Waals surface area contributed by atoms with Crippen LogP contribution in [0.2, 0.25) is 0 Å². The van der Waals surface area contributed by atoms with Crippen molar-refractivity contribution in [2.75, 3.05) is 26.9 Å². The van der Waals surface area contributed by atoms with Gasteiger partial charge in [-0.1, -0.05) is 12.8 Å². The minimum absolute atomic E-state index is 0.0842. The molecule has 2 aliphatic carbocycles. The molecule has 5 heteroatoms. The molecule has 2 atom stereocenters. The highest BCUT2D eigenvalue weighted by molar-refractivity contribution is 5.74. The zero-order valence-electron chi connectivity index (χ0n) is 12.5. The van der Waals surface area contributed by atoms with Crippen molar-refractivity contribution in [1.29, 1.82) is 0 Å². The number of hydrogen-bond acceptors (Lipinski definition) is 3. The molecule has 0 aromatic carbocycles. The summed E-state index contributed by atoms with van der Waals surface area (Å²) in [5, 5.41) is 15.4. The molecule has 20 heavy (non-hydrogen) atoms. The number of carbonyl (C=O) groups is 1. The number of nitrogens with one attached hydrogen (secondary N) is 2. The standard InChI is InChI=1S/C15H28N2O3/c1-20-9-8-15(6-7-15)11-16-14(19)17-13-5-3-2-4-12(13)10-18/h12-13,18H,2-11H2,1H3,(H2,16,17,19). The Kier molecular flexibility index (Phi) is 5.66. The third-order valence-corrected chi connectivity index (χ3v) is 4.88. The molecule has 0 saturated heterocycles. The minimum Gasteiger partial charge on any atom is -0.396 e. The second-order valence-electron chi connectivity index (χ2n) is 6.40. The summed E-state index contributed by atoms with van der Waals surface area (Å²) in [6.45, 7) is 1.67. The fraction of sp³-hybridized carbons (Fsp3) is 0.933. The molecule has 116 valence electrons. The van der Waals surface area contributed by atoms with E-state index in [2.05, 4.69) is 10.6 Å². The predicted molar refractivity (Wildman–Crippen MR) is 77.5 cm³/mol. The average Bonchev–Trinajstić information content (AvgIpc) is 3.24. The number of amides is 2. The lowest BCUT2D eigenvalue weighted by Crippen LogP contribution is -2.48. The number of carbonyl (C=O) groups excluding carboxylic acids is 1. The highest BCUT2D eigenvalue weighted by Gasteiger charge is 2.42. The lowest BCUT2D eigenvalue weighted by Gasteiger charge is -2.31. The predicted octanol–water partition coefficient (Wildman–Crippen LogP) is 1.65.